The van der Waals surface area contributed by atoms with Gasteiger partial charge in [0.2, 0.25) is 0 Å². The summed E-state index contributed by atoms with van der Waals surface area (Å²) in [7, 11) is 0. The van der Waals surface area contributed by atoms with Crippen LogP contribution in [0.3, 0.4) is 0 Å². The molecule has 6 nitrogen and oxygen atoms in total. The number of nitrogens with two attached hydrogens (primary N) is 2. The Bertz CT molecular complexity index is 424. The zero-order chi connectivity index (χ0) is 14.8. The van der Waals surface area contributed by atoms with Crippen molar-refractivity contribution in [1.82, 2.24) is 20.6 Å². The Kier molecular flexibility index (Phi) is 8.47. The third-order valence-corrected chi connectivity index (χ3v) is 3.58. The highest BCUT2D eigenvalue weighted by Gasteiger charge is 2.06. The summed E-state index contributed by atoms with van der Waals surface area (Å²) in [6.45, 7) is 6.02. The van der Waals surface area contributed by atoms with Crippen LogP contribution in [-0.4, -0.2) is 23.2 Å². The Labute approximate surface area is 134 Å². The van der Waals surface area contributed by atoms with Gasteiger partial charge in [-0.15, -0.1) is 6.58 Å². The second-order valence-corrected chi connectivity index (χ2v) is 5.49. The van der Waals surface area contributed by atoms with Crippen LogP contribution in [0.15, 0.2) is 12.7 Å². The molecule has 0 aliphatic rings. The molecule has 6 N–H and O–H groups in total. The first-order chi connectivity index (χ1) is 9.65. The first-order valence-corrected chi connectivity index (χ1v) is 7.82. The van der Waals surface area contributed by atoms with Crippen LogP contribution in [0, 0.1) is 3.70 Å². The van der Waals surface area contributed by atoms with Gasteiger partial charge in [0.1, 0.15) is 9.52 Å². The molecule has 0 bridgehead atoms. The van der Waals surface area contributed by atoms with Gasteiger partial charge in [-0.25, -0.2) is 9.97 Å². The van der Waals surface area contributed by atoms with Gasteiger partial charge in [-0.3, -0.25) is 5.32 Å². The third-order valence-electron chi connectivity index (χ3n) is 2.79. The molecule has 1 heterocycles. The highest BCUT2D eigenvalue weighted by Crippen LogP contribution is 2.14. The molecule has 0 aliphatic carbocycles. The van der Waals surface area contributed by atoms with E-state index in [0.717, 1.165) is 25.3 Å². The first-order valence-electron chi connectivity index (χ1n) is 6.75. The fourth-order valence-corrected chi connectivity index (χ4v) is 2.09. The summed E-state index contributed by atoms with van der Waals surface area (Å²) in [5, 5.41) is 6.56. The molecule has 0 fully saturated rings. The Balaban J connectivity index is 2.12. The van der Waals surface area contributed by atoms with Crippen molar-refractivity contribution in [2.45, 2.75) is 32.2 Å². The smallest absolute Gasteiger partial charge is 0.158 e. The molecular formula is C13H23IN6. The van der Waals surface area contributed by atoms with E-state index in [2.05, 4.69) is 49.8 Å². The molecule has 7 heteroatoms. The van der Waals surface area contributed by atoms with E-state index in [-0.39, 0.29) is 0 Å². The quantitative estimate of drug-likeness (QED) is 0.210. The van der Waals surface area contributed by atoms with E-state index >= 15 is 0 Å². The number of halogens is 1. The van der Waals surface area contributed by atoms with Gasteiger partial charge >= 0.3 is 0 Å². The van der Waals surface area contributed by atoms with Crippen LogP contribution in [0.2, 0.25) is 0 Å². The molecule has 0 unspecified atom stereocenters. The van der Waals surface area contributed by atoms with E-state index < -0.39 is 0 Å². The zero-order valence-corrected chi connectivity index (χ0v) is 13.8. The number of nitrogens with zero attached hydrogens (tertiary/aromatic N) is 2. The van der Waals surface area contributed by atoms with E-state index in [1.807, 2.05) is 6.08 Å². The molecule has 0 aliphatic heterocycles. The summed E-state index contributed by atoms with van der Waals surface area (Å²) in [5.41, 5.74) is 12.1. The van der Waals surface area contributed by atoms with E-state index in [4.69, 9.17) is 11.5 Å². The Morgan fingerprint density at radius 3 is 2.65 bits per heavy atom. The van der Waals surface area contributed by atoms with Crippen molar-refractivity contribution in [3.05, 3.63) is 22.0 Å². The molecule has 0 saturated carbocycles. The topological polar surface area (TPSA) is 102 Å². The number of nitrogens with one attached hydrogen (secondary N) is 2. The lowest BCUT2D eigenvalue weighted by Gasteiger charge is -2.09. The van der Waals surface area contributed by atoms with E-state index in [1.165, 1.54) is 19.3 Å². The van der Waals surface area contributed by atoms with Crippen molar-refractivity contribution in [1.29, 1.82) is 0 Å². The Morgan fingerprint density at radius 2 is 1.90 bits per heavy atom. The van der Waals surface area contributed by atoms with Crippen molar-refractivity contribution >= 4 is 34.2 Å². The van der Waals surface area contributed by atoms with Gasteiger partial charge in [0.05, 0.1) is 5.69 Å². The predicted octanol–water partition coefficient (Wildman–Crippen LogP) is 1.63. The van der Waals surface area contributed by atoms with Crippen LogP contribution < -0.4 is 22.1 Å². The third kappa shape index (κ3) is 6.49. The highest BCUT2D eigenvalue weighted by molar-refractivity contribution is 14.1. The monoisotopic (exact) mass is 390 g/mol. The summed E-state index contributed by atoms with van der Waals surface area (Å²) in [6, 6.07) is 0. The first kappa shape index (κ1) is 17.1. The summed E-state index contributed by atoms with van der Waals surface area (Å²) in [5.74, 6) is 0.768. The van der Waals surface area contributed by atoms with Crippen molar-refractivity contribution in [3.8, 4) is 0 Å². The molecule has 0 atom stereocenters. The van der Waals surface area contributed by atoms with Crippen LogP contribution in [0.4, 0.5) is 11.6 Å². The molecule has 1 aromatic heterocycles. The van der Waals surface area contributed by atoms with Crippen LogP contribution >= 0.6 is 22.6 Å². The van der Waals surface area contributed by atoms with Gasteiger partial charge in [-0.05, 0) is 48.4 Å². The maximum absolute atomic E-state index is 5.77. The largest absolute Gasteiger partial charge is 0.382 e. The van der Waals surface area contributed by atoms with Crippen LogP contribution in [-0.2, 0) is 6.54 Å². The van der Waals surface area contributed by atoms with Gasteiger partial charge in [-0.1, -0.05) is 12.5 Å². The van der Waals surface area contributed by atoms with Crippen molar-refractivity contribution in [2.75, 3.05) is 24.7 Å². The van der Waals surface area contributed by atoms with Gasteiger partial charge < -0.3 is 16.8 Å². The van der Waals surface area contributed by atoms with Crippen LogP contribution in [0.25, 0.3) is 0 Å². The molecule has 112 valence electrons. The average Bonchev–Trinajstić information content (AvgIpc) is 2.42. The molecule has 1 rings (SSSR count). The zero-order valence-electron chi connectivity index (χ0n) is 11.7. The average molecular weight is 390 g/mol. The minimum absolute atomic E-state index is 0.379. The minimum atomic E-state index is 0.379. The fraction of sp³-hybridized carbons (Fsp3) is 0.538. The summed E-state index contributed by atoms with van der Waals surface area (Å²) < 4.78 is 0.684. The maximum Gasteiger partial charge on any atom is 0.158 e. The molecule has 0 aromatic carbocycles. The van der Waals surface area contributed by atoms with Gasteiger partial charge in [0.25, 0.3) is 0 Å². The number of anilines is 2. The lowest BCUT2D eigenvalue weighted by atomic mass is 10.2. The predicted molar refractivity (Wildman–Crippen MR) is 91.9 cm³/mol. The Morgan fingerprint density at radius 1 is 1.10 bits per heavy atom. The second kappa shape index (κ2) is 9.89. The number of hydrogen-bond acceptors (Lipinski definition) is 6. The number of aromatic nitrogens is 2. The number of unbranched alkanes of at least 4 members (excludes halogenated alkanes) is 3. The summed E-state index contributed by atoms with van der Waals surface area (Å²) in [4.78, 5) is 8.36. The maximum atomic E-state index is 5.77. The van der Waals surface area contributed by atoms with E-state index in [1.54, 1.807) is 0 Å². The number of hydrogen-bond donors (Lipinski definition) is 4. The lowest BCUT2D eigenvalue weighted by Crippen LogP contribution is -2.30. The molecule has 0 saturated heterocycles. The second-order valence-electron chi connectivity index (χ2n) is 4.47. The highest BCUT2D eigenvalue weighted by atomic mass is 127. The summed E-state index contributed by atoms with van der Waals surface area (Å²) in [6.07, 6.45) is 6.69. The molecule has 0 radical (unpaired) electrons. The van der Waals surface area contributed by atoms with Crippen molar-refractivity contribution in [2.24, 2.45) is 0 Å². The molecule has 0 spiro atoms. The van der Waals surface area contributed by atoms with Gasteiger partial charge in [0.15, 0.2) is 5.82 Å². The molecule has 0 amide bonds. The van der Waals surface area contributed by atoms with E-state index in [0.29, 0.717) is 21.9 Å². The lowest BCUT2D eigenvalue weighted by molar-refractivity contribution is 0.548. The number of allylic oxidation sites excluding steroid dienone is 1. The van der Waals surface area contributed by atoms with Crippen LogP contribution in [0.1, 0.15) is 31.4 Å². The van der Waals surface area contributed by atoms with E-state index in [9.17, 15) is 0 Å². The molecule has 20 heavy (non-hydrogen) atoms. The molecular weight excluding hydrogens is 367 g/mol. The summed E-state index contributed by atoms with van der Waals surface area (Å²) >= 11 is 2.05. The van der Waals surface area contributed by atoms with Gasteiger partial charge in [-0.2, -0.15) is 0 Å². The fourth-order valence-electron chi connectivity index (χ4n) is 1.68. The number of rotatable bonds is 10. The standard InChI is InChI=1S/C13H23IN6/c1-2-3-4-5-6-7-17-9-18-8-10-12(15)20-13(16)11(14)19-10/h2,17-18H,1,3-9H2,(H4,15,16,20). The molecule has 1 aromatic rings. The normalized spacial score (nSPS) is 10.7. The van der Waals surface area contributed by atoms with Crippen molar-refractivity contribution in [3.63, 3.8) is 0 Å². The van der Waals surface area contributed by atoms with Gasteiger partial charge in [0, 0.05) is 13.2 Å². The number of nitrogen functional groups attached to an aromatic ring is 2. The SMILES string of the molecule is C=CCCCCCNCNCc1nc(I)c(N)nc1N. The Hall–Kier alpha value is -0.930. The van der Waals surface area contributed by atoms with Crippen LogP contribution in [0.5, 0.6) is 0 Å². The van der Waals surface area contributed by atoms with Crippen molar-refractivity contribution < 1.29 is 0 Å². The minimum Gasteiger partial charge on any atom is -0.382 e.